The van der Waals surface area contributed by atoms with Gasteiger partial charge in [-0.15, -0.1) is 11.8 Å². The summed E-state index contributed by atoms with van der Waals surface area (Å²) >= 11 is 7.47. The average Bonchev–Trinajstić information content (AvgIpc) is 2.67. The monoisotopic (exact) mass is 392 g/mol. The molecule has 3 rings (SSSR count). The summed E-state index contributed by atoms with van der Waals surface area (Å²) in [7, 11) is 0. The number of carbonyl (C=O) groups is 1. The van der Waals surface area contributed by atoms with E-state index in [1.54, 1.807) is 23.1 Å². The van der Waals surface area contributed by atoms with Gasteiger partial charge in [-0.05, 0) is 23.8 Å². The topological polar surface area (TPSA) is 72.7 Å². The van der Waals surface area contributed by atoms with Crippen molar-refractivity contribution in [1.29, 1.82) is 0 Å². The number of nitrogens with zero attached hydrogens (tertiary/aromatic N) is 2. The van der Waals surface area contributed by atoms with Gasteiger partial charge in [0, 0.05) is 35.5 Å². The fourth-order valence-corrected chi connectivity index (χ4v) is 3.93. The van der Waals surface area contributed by atoms with Crippen molar-refractivity contribution in [2.45, 2.75) is 10.6 Å². The Morgan fingerprint density at radius 1 is 1.23 bits per heavy atom. The molecule has 0 radical (unpaired) electrons. The molecule has 1 aliphatic rings. The van der Waals surface area contributed by atoms with Gasteiger partial charge in [0.2, 0.25) is 0 Å². The fraction of sp³-hybridized carbons (Fsp3) is 0.278. The Morgan fingerprint density at radius 3 is 2.65 bits per heavy atom. The van der Waals surface area contributed by atoms with Gasteiger partial charge in [0.15, 0.2) is 0 Å². The number of halogens is 1. The largest absolute Gasteiger partial charge is 0.378 e. The number of nitro groups is 1. The lowest BCUT2D eigenvalue weighted by molar-refractivity contribution is -0.387. The molecule has 0 unspecified atom stereocenters. The molecule has 0 N–H and O–H groups in total. The van der Waals surface area contributed by atoms with E-state index >= 15 is 0 Å². The van der Waals surface area contributed by atoms with Crippen LogP contribution in [0.25, 0.3) is 0 Å². The van der Waals surface area contributed by atoms with Crippen molar-refractivity contribution in [3.63, 3.8) is 0 Å². The van der Waals surface area contributed by atoms with Crippen molar-refractivity contribution in [2.75, 3.05) is 26.3 Å². The van der Waals surface area contributed by atoms with Crippen LogP contribution in [0.2, 0.25) is 5.02 Å². The van der Waals surface area contributed by atoms with Gasteiger partial charge in [-0.1, -0.05) is 29.8 Å². The van der Waals surface area contributed by atoms with Crippen LogP contribution < -0.4 is 0 Å². The number of thioether (sulfide) groups is 1. The molecule has 0 aliphatic carbocycles. The Kier molecular flexibility index (Phi) is 6.13. The smallest absolute Gasteiger partial charge is 0.283 e. The molecular weight excluding hydrogens is 376 g/mol. The van der Waals surface area contributed by atoms with Gasteiger partial charge in [0.1, 0.15) is 0 Å². The second-order valence-electron chi connectivity index (χ2n) is 5.72. The van der Waals surface area contributed by atoms with E-state index in [-0.39, 0.29) is 11.6 Å². The summed E-state index contributed by atoms with van der Waals surface area (Å²) < 4.78 is 5.23. The van der Waals surface area contributed by atoms with Gasteiger partial charge < -0.3 is 9.64 Å². The zero-order chi connectivity index (χ0) is 18.5. The zero-order valence-electron chi connectivity index (χ0n) is 13.9. The molecule has 136 valence electrons. The van der Waals surface area contributed by atoms with Crippen LogP contribution in [0.3, 0.4) is 0 Å². The number of ether oxygens (including phenoxy) is 1. The number of morpholine rings is 1. The van der Waals surface area contributed by atoms with Gasteiger partial charge in [-0.2, -0.15) is 0 Å². The maximum atomic E-state index is 12.5. The van der Waals surface area contributed by atoms with Crippen LogP contribution in [0.4, 0.5) is 5.69 Å². The molecule has 6 nitrogen and oxygen atoms in total. The summed E-state index contributed by atoms with van der Waals surface area (Å²) in [5.41, 5.74) is 1.16. The van der Waals surface area contributed by atoms with E-state index in [0.29, 0.717) is 47.5 Å². The molecule has 0 saturated carbocycles. The first-order valence-electron chi connectivity index (χ1n) is 8.08. The molecule has 0 atom stereocenters. The molecule has 2 aromatic rings. The van der Waals surface area contributed by atoms with Gasteiger partial charge in [-0.25, -0.2) is 0 Å². The van der Waals surface area contributed by atoms with E-state index in [1.807, 2.05) is 18.2 Å². The first-order valence-corrected chi connectivity index (χ1v) is 9.44. The highest BCUT2D eigenvalue weighted by Crippen LogP contribution is 2.34. The summed E-state index contributed by atoms with van der Waals surface area (Å²) in [6, 6.07) is 12.0. The highest BCUT2D eigenvalue weighted by molar-refractivity contribution is 7.98. The average molecular weight is 393 g/mol. The molecule has 0 aromatic heterocycles. The van der Waals surface area contributed by atoms with Crippen molar-refractivity contribution in [1.82, 2.24) is 4.90 Å². The third-order valence-electron chi connectivity index (χ3n) is 4.04. The van der Waals surface area contributed by atoms with Crippen molar-refractivity contribution >= 4 is 35.0 Å². The minimum atomic E-state index is -0.453. The summed E-state index contributed by atoms with van der Waals surface area (Å²) in [4.78, 5) is 25.7. The molecule has 1 fully saturated rings. The highest BCUT2D eigenvalue weighted by Gasteiger charge is 2.23. The van der Waals surface area contributed by atoms with Crippen LogP contribution >= 0.6 is 23.4 Å². The second kappa shape index (κ2) is 8.53. The van der Waals surface area contributed by atoms with Gasteiger partial charge in [-0.3, -0.25) is 14.9 Å². The Hall–Kier alpha value is -2.09. The third-order valence-corrected chi connectivity index (χ3v) is 5.52. The molecular formula is C18H17ClN2O4S. The molecule has 8 heteroatoms. The molecule has 26 heavy (non-hydrogen) atoms. The SMILES string of the molecule is O=C(c1ccc(SCc2ccccc2Cl)c([N+](=O)[O-])c1)N1CCOCC1. The lowest BCUT2D eigenvalue weighted by atomic mass is 10.1. The van der Waals surface area contributed by atoms with Gasteiger partial charge in [0.25, 0.3) is 11.6 Å². The second-order valence-corrected chi connectivity index (χ2v) is 7.15. The lowest BCUT2D eigenvalue weighted by Gasteiger charge is -2.26. The van der Waals surface area contributed by atoms with Crippen molar-refractivity contribution in [2.24, 2.45) is 0 Å². The molecule has 1 heterocycles. The van der Waals surface area contributed by atoms with Crippen LogP contribution in [0.5, 0.6) is 0 Å². The minimum absolute atomic E-state index is 0.0684. The van der Waals surface area contributed by atoms with Crippen LogP contribution in [-0.2, 0) is 10.5 Å². The van der Waals surface area contributed by atoms with E-state index in [9.17, 15) is 14.9 Å². The first-order chi connectivity index (χ1) is 12.6. The summed E-state index contributed by atoms with van der Waals surface area (Å²) in [5.74, 6) is 0.302. The number of hydrogen-bond acceptors (Lipinski definition) is 5. The van der Waals surface area contributed by atoms with E-state index in [4.69, 9.17) is 16.3 Å². The molecule has 0 bridgehead atoms. The fourth-order valence-electron chi connectivity index (χ4n) is 2.64. The van der Waals surface area contributed by atoms with Crippen molar-refractivity contribution in [3.05, 3.63) is 68.7 Å². The Morgan fingerprint density at radius 2 is 1.96 bits per heavy atom. The predicted molar refractivity (Wildman–Crippen MR) is 101 cm³/mol. The van der Waals surface area contributed by atoms with E-state index in [1.165, 1.54) is 17.8 Å². The number of benzene rings is 2. The Bertz CT molecular complexity index is 825. The Labute approximate surface area is 160 Å². The quantitative estimate of drug-likeness (QED) is 0.436. The molecule has 1 saturated heterocycles. The van der Waals surface area contributed by atoms with E-state index in [0.717, 1.165) is 5.56 Å². The Balaban J connectivity index is 1.79. The maximum Gasteiger partial charge on any atom is 0.283 e. The van der Waals surface area contributed by atoms with Crippen molar-refractivity contribution in [3.8, 4) is 0 Å². The molecule has 2 aromatic carbocycles. The third kappa shape index (κ3) is 4.35. The summed E-state index contributed by atoms with van der Waals surface area (Å²) in [5, 5.41) is 12.1. The molecule has 1 aliphatic heterocycles. The number of nitro benzene ring substituents is 1. The van der Waals surface area contributed by atoms with Crippen LogP contribution in [-0.4, -0.2) is 42.0 Å². The number of carbonyl (C=O) groups excluding carboxylic acids is 1. The number of amides is 1. The molecule has 1 amide bonds. The van der Waals surface area contributed by atoms with Crippen molar-refractivity contribution < 1.29 is 14.5 Å². The predicted octanol–water partition coefficient (Wildman–Crippen LogP) is 4.01. The molecule has 0 spiro atoms. The maximum absolute atomic E-state index is 12.5. The highest BCUT2D eigenvalue weighted by atomic mass is 35.5. The summed E-state index contributed by atoms with van der Waals surface area (Å²) in [6.07, 6.45) is 0. The van der Waals surface area contributed by atoms with Crippen LogP contribution in [0, 0.1) is 10.1 Å². The zero-order valence-corrected chi connectivity index (χ0v) is 15.5. The number of hydrogen-bond donors (Lipinski definition) is 0. The van der Waals surface area contributed by atoms with E-state index < -0.39 is 4.92 Å². The van der Waals surface area contributed by atoms with Crippen LogP contribution in [0.15, 0.2) is 47.4 Å². The van der Waals surface area contributed by atoms with E-state index in [2.05, 4.69) is 0 Å². The first kappa shape index (κ1) is 18.7. The minimum Gasteiger partial charge on any atom is -0.378 e. The van der Waals surface area contributed by atoms with Gasteiger partial charge in [0.05, 0.1) is 23.0 Å². The normalized spacial score (nSPS) is 14.3. The standard InChI is InChI=1S/C18H17ClN2O4S/c19-15-4-2-1-3-14(15)12-26-17-6-5-13(11-16(17)21(23)24)18(22)20-7-9-25-10-8-20/h1-6,11H,7-10,12H2. The number of rotatable bonds is 5. The lowest BCUT2D eigenvalue weighted by Crippen LogP contribution is -2.40. The van der Waals surface area contributed by atoms with Gasteiger partial charge >= 0.3 is 0 Å². The summed E-state index contributed by atoms with van der Waals surface area (Å²) in [6.45, 7) is 1.96. The van der Waals surface area contributed by atoms with Crippen LogP contribution in [0.1, 0.15) is 15.9 Å².